The highest BCUT2D eigenvalue weighted by Crippen LogP contribution is 2.37. The predicted octanol–water partition coefficient (Wildman–Crippen LogP) is 1.98. The molecule has 2 aromatic carbocycles. The number of hydrogen-bond acceptors (Lipinski definition) is 7. The van der Waals surface area contributed by atoms with Gasteiger partial charge in [0.05, 0.1) is 34.1 Å². The van der Waals surface area contributed by atoms with E-state index in [2.05, 4.69) is 44.6 Å². The van der Waals surface area contributed by atoms with Crippen LogP contribution in [0.5, 0.6) is 17.2 Å². The Labute approximate surface area is 183 Å². The lowest BCUT2D eigenvalue weighted by Crippen LogP contribution is -2.48. The van der Waals surface area contributed by atoms with Crippen LogP contribution >= 0.6 is 0 Å². The lowest BCUT2D eigenvalue weighted by molar-refractivity contribution is -0.122. The van der Waals surface area contributed by atoms with Gasteiger partial charge in [0.25, 0.3) is 5.91 Å². The SMILES string of the molecule is COc1cc(C=NNC(=O)CN2CCN(Cc3ccccc3)CC2)cc(OC)c1OC. The van der Waals surface area contributed by atoms with Crippen LogP contribution < -0.4 is 19.6 Å². The van der Waals surface area contributed by atoms with Gasteiger partial charge in [-0.2, -0.15) is 5.10 Å². The number of methoxy groups -OCH3 is 3. The number of carbonyl (C=O) groups is 1. The van der Waals surface area contributed by atoms with Gasteiger partial charge < -0.3 is 14.2 Å². The minimum absolute atomic E-state index is 0.139. The molecule has 1 N–H and O–H groups in total. The highest BCUT2D eigenvalue weighted by atomic mass is 16.5. The molecule has 0 spiro atoms. The van der Waals surface area contributed by atoms with Gasteiger partial charge >= 0.3 is 0 Å². The largest absolute Gasteiger partial charge is 0.493 e. The van der Waals surface area contributed by atoms with E-state index in [1.165, 1.54) is 5.56 Å². The van der Waals surface area contributed by atoms with Crippen molar-refractivity contribution in [2.24, 2.45) is 5.10 Å². The predicted molar refractivity (Wildman–Crippen MR) is 120 cm³/mol. The topological polar surface area (TPSA) is 75.6 Å². The monoisotopic (exact) mass is 426 g/mol. The number of hydrazone groups is 1. The molecule has 0 radical (unpaired) electrons. The standard InChI is InChI=1S/C23H30N4O4/c1-29-20-13-19(14-21(30-2)23(20)31-3)15-24-25-22(28)17-27-11-9-26(10-12-27)16-18-7-5-4-6-8-18/h4-8,13-15H,9-12,16-17H2,1-3H3,(H,25,28). The Morgan fingerprint density at radius 1 is 0.968 bits per heavy atom. The van der Waals surface area contributed by atoms with Gasteiger partial charge in [-0.25, -0.2) is 5.43 Å². The quantitative estimate of drug-likeness (QED) is 0.488. The Morgan fingerprint density at radius 2 is 1.58 bits per heavy atom. The van der Waals surface area contributed by atoms with Crippen molar-refractivity contribution in [3.63, 3.8) is 0 Å². The van der Waals surface area contributed by atoms with Gasteiger partial charge in [-0.15, -0.1) is 0 Å². The minimum atomic E-state index is -0.139. The van der Waals surface area contributed by atoms with Gasteiger partial charge in [-0.3, -0.25) is 14.6 Å². The molecule has 0 aromatic heterocycles. The van der Waals surface area contributed by atoms with Crippen LogP contribution in [0.25, 0.3) is 0 Å². The van der Waals surface area contributed by atoms with Crippen LogP contribution in [-0.2, 0) is 11.3 Å². The normalized spacial score (nSPS) is 15.1. The molecule has 0 aliphatic carbocycles. The number of benzene rings is 2. The molecule has 2 aromatic rings. The number of rotatable bonds is 9. The summed E-state index contributed by atoms with van der Waals surface area (Å²) in [5.41, 5.74) is 4.64. The summed E-state index contributed by atoms with van der Waals surface area (Å²) in [4.78, 5) is 16.8. The van der Waals surface area contributed by atoms with Gasteiger partial charge in [0, 0.05) is 38.3 Å². The van der Waals surface area contributed by atoms with Crippen LogP contribution in [0.1, 0.15) is 11.1 Å². The molecular weight excluding hydrogens is 396 g/mol. The van der Waals surface area contributed by atoms with Gasteiger partial charge in [-0.05, 0) is 17.7 Å². The summed E-state index contributed by atoms with van der Waals surface area (Å²) in [6, 6.07) is 14.0. The van der Waals surface area contributed by atoms with Gasteiger partial charge in [0.2, 0.25) is 5.75 Å². The number of hydrogen-bond donors (Lipinski definition) is 1. The lowest BCUT2D eigenvalue weighted by Gasteiger charge is -2.34. The molecule has 166 valence electrons. The molecule has 1 aliphatic rings. The number of piperazine rings is 1. The summed E-state index contributed by atoms with van der Waals surface area (Å²) in [5.74, 6) is 1.43. The summed E-state index contributed by atoms with van der Waals surface area (Å²) in [6.07, 6.45) is 1.56. The molecule has 1 heterocycles. The fraction of sp³-hybridized carbons (Fsp3) is 0.391. The molecule has 31 heavy (non-hydrogen) atoms. The van der Waals surface area contributed by atoms with Gasteiger partial charge in [0.1, 0.15) is 0 Å². The highest BCUT2D eigenvalue weighted by Gasteiger charge is 2.19. The molecule has 1 aliphatic heterocycles. The second kappa shape index (κ2) is 11.3. The number of ether oxygens (including phenoxy) is 3. The van der Waals surface area contributed by atoms with Crippen LogP contribution in [0.15, 0.2) is 47.6 Å². The summed E-state index contributed by atoms with van der Waals surface area (Å²) in [6.45, 7) is 4.87. The van der Waals surface area contributed by atoms with Crippen molar-refractivity contribution in [1.82, 2.24) is 15.2 Å². The maximum Gasteiger partial charge on any atom is 0.254 e. The minimum Gasteiger partial charge on any atom is -0.493 e. The molecule has 3 rings (SSSR count). The van der Waals surface area contributed by atoms with E-state index >= 15 is 0 Å². The van der Waals surface area contributed by atoms with Crippen molar-refractivity contribution in [2.75, 3.05) is 54.1 Å². The fourth-order valence-corrected chi connectivity index (χ4v) is 3.54. The maximum atomic E-state index is 12.3. The summed E-state index contributed by atoms with van der Waals surface area (Å²) >= 11 is 0. The van der Waals surface area contributed by atoms with Crippen LogP contribution in [0.2, 0.25) is 0 Å². The fourth-order valence-electron chi connectivity index (χ4n) is 3.54. The maximum absolute atomic E-state index is 12.3. The Morgan fingerprint density at radius 3 is 2.16 bits per heavy atom. The van der Waals surface area contributed by atoms with Crippen molar-refractivity contribution in [3.8, 4) is 17.2 Å². The van der Waals surface area contributed by atoms with Crippen LogP contribution in [-0.4, -0.2) is 76.0 Å². The van der Waals surface area contributed by atoms with Crippen molar-refractivity contribution < 1.29 is 19.0 Å². The third kappa shape index (κ3) is 6.44. The van der Waals surface area contributed by atoms with Crippen LogP contribution in [0.3, 0.4) is 0 Å². The van der Waals surface area contributed by atoms with E-state index in [4.69, 9.17) is 14.2 Å². The molecule has 0 atom stereocenters. The summed E-state index contributed by atoms with van der Waals surface area (Å²) in [7, 11) is 4.66. The van der Waals surface area contributed by atoms with Crippen LogP contribution in [0, 0.1) is 0 Å². The van der Waals surface area contributed by atoms with Crippen molar-refractivity contribution >= 4 is 12.1 Å². The highest BCUT2D eigenvalue weighted by molar-refractivity contribution is 5.84. The van der Waals surface area contributed by atoms with E-state index in [1.54, 1.807) is 39.7 Å². The molecule has 8 nitrogen and oxygen atoms in total. The average molecular weight is 427 g/mol. The lowest BCUT2D eigenvalue weighted by atomic mass is 10.2. The number of nitrogens with one attached hydrogen (secondary N) is 1. The summed E-state index contributed by atoms with van der Waals surface area (Å²) in [5, 5.41) is 4.07. The second-order valence-electron chi connectivity index (χ2n) is 7.29. The van der Waals surface area contributed by atoms with Crippen molar-refractivity contribution in [2.45, 2.75) is 6.54 Å². The third-order valence-corrected chi connectivity index (χ3v) is 5.17. The number of amides is 1. The first-order valence-corrected chi connectivity index (χ1v) is 10.2. The van der Waals surface area contributed by atoms with E-state index in [9.17, 15) is 4.79 Å². The first-order chi connectivity index (χ1) is 15.1. The molecule has 1 amide bonds. The van der Waals surface area contributed by atoms with Crippen molar-refractivity contribution in [1.29, 1.82) is 0 Å². The first-order valence-electron chi connectivity index (χ1n) is 10.2. The van der Waals surface area contributed by atoms with E-state index in [0.717, 1.165) is 38.3 Å². The molecular formula is C23H30N4O4. The van der Waals surface area contributed by atoms with E-state index in [1.807, 2.05) is 6.07 Å². The van der Waals surface area contributed by atoms with Gasteiger partial charge in [-0.1, -0.05) is 30.3 Å². The third-order valence-electron chi connectivity index (χ3n) is 5.17. The smallest absolute Gasteiger partial charge is 0.254 e. The molecule has 1 fully saturated rings. The number of nitrogens with zero attached hydrogens (tertiary/aromatic N) is 3. The Balaban J connectivity index is 1.46. The van der Waals surface area contributed by atoms with Gasteiger partial charge in [0.15, 0.2) is 11.5 Å². The van der Waals surface area contributed by atoms with E-state index in [0.29, 0.717) is 23.8 Å². The average Bonchev–Trinajstić information content (AvgIpc) is 2.80. The zero-order chi connectivity index (χ0) is 22.1. The Kier molecular flexibility index (Phi) is 8.26. The van der Waals surface area contributed by atoms with Crippen molar-refractivity contribution in [3.05, 3.63) is 53.6 Å². The molecule has 0 saturated carbocycles. The van der Waals surface area contributed by atoms with Crippen LogP contribution in [0.4, 0.5) is 0 Å². The second-order valence-corrected chi connectivity index (χ2v) is 7.29. The van der Waals surface area contributed by atoms with E-state index < -0.39 is 0 Å². The zero-order valence-electron chi connectivity index (χ0n) is 18.3. The van der Waals surface area contributed by atoms with E-state index in [-0.39, 0.29) is 5.91 Å². The summed E-state index contributed by atoms with van der Waals surface area (Å²) < 4.78 is 16.0. The number of carbonyl (C=O) groups excluding carboxylic acids is 1. The Bertz CT molecular complexity index is 855. The molecule has 0 bridgehead atoms. The first kappa shape index (κ1) is 22.6. The zero-order valence-corrected chi connectivity index (χ0v) is 18.3. The molecule has 1 saturated heterocycles. The Hall–Kier alpha value is -3.10. The molecule has 0 unspecified atom stereocenters. The molecule has 8 heteroatoms.